The highest BCUT2D eigenvalue weighted by Gasteiger charge is 2.54. The van der Waals surface area contributed by atoms with Gasteiger partial charge in [-0.25, -0.2) is 18.0 Å². The zero-order chi connectivity index (χ0) is 22.5. The topological polar surface area (TPSA) is 107 Å². The summed E-state index contributed by atoms with van der Waals surface area (Å²) in [6, 6.07) is 4.74. The van der Waals surface area contributed by atoms with Crippen LogP contribution in [-0.2, 0) is 14.8 Å². The molecule has 0 atom stereocenters. The van der Waals surface area contributed by atoms with Gasteiger partial charge in [0.25, 0.3) is 0 Å². The molecular weight excluding hydrogens is 410 g/mol. The summed E-state index contributed by atoms with van der Waals surface area (Å²) in [5.74, 6) is -1.20. The Labute approximate surface area is 177 Å². The van der Waals surface area contributed by atoms with Crippen molar-refractivity contribution in [2.24, 2.45) is 0 Å². The number of benzene rings is 1. The second-order valence-corrected chi connectivity index (χ2v) is 11.0. The largest absolute Gasteiger partial charge is 0.478 e. The van der Waals surface area contributed by atoms with Crippen molar-refractivity contribution in [2.75, 3.05) is 42.1 Å². The number of rotatable bonds is 4. The van der Waals surface area contributed by atoms with Gasteiger partial charge in [0.2, 0.25) is 10.0 Å². The summed E-state index contributed by atoms with van der Waals surface area (Å²) < 4.78 is 30.2. The van der Waals surface area contributed by atoms with E-state index in [0.29, 0.717) is 25.3 Å². The molecule has 2 fully saturated rings. The summed E-state index contributed by atoms with van der Waals surface area (Å²) in [6.45, 7) is 7.09. The molecule has 0 aromatic heterocycles. The van der Waals surface area contributed by atoms with Gasteiger partial charge in [0.1, 0.15) is 5.60 Å². The Morgan fingerprint density at radius 1 is 1.20 bits per heavy atom. The molecule has 1 saturated carbocycles. The van der Waals surface area contributed by atoms with Crippen LogP contribution in [0.25, 0.3) is 0 Å². The maximum atomic E-state index is 12.6. The van der Waals surface area contributed by atoms with Crippen molar-refractivity contribution in [3.05, 3.63) is 23.8 Å². The first-order valence-corrected chi connectivity index (χ1v) is 11.7. The molecule has 9 nitrogen and oxygen atoms in total. The molecule has 0 unspecified atom stereocenters. The highest BCUT2D eigenvalue weighted by molar-refractivity contribution is 7.92. The van der Waals surface area contributed by atoms with Crippen molar-refractivity contribution >= 4 is 33.5 Å². The molecule has 1 heterocycles. The van der Waals surface area contributed by atoms with Gasteiger partial charge in [0.15, 0.2) is 0 Å². The second-order valence-electron chi connectivity index (χ2n) is 9.01. The van der Waals surface area contributed by atoms with E-state index < -0.39 is 21.6 Å². The van der Waals surface area contributed by atoms with Gasteiger partial charge in [-0.15, -0.1) is 0 Å². The van der Waals surface area contributed by atoms with E-state index in [4.69, 9.17) is 4.74 Å². The third kappa shape index (κ3) is 4.48. The molecule has 1 aromatic rings. The van der Waals surface area contributed by atoms with Crippen LogP contribution in [-0.4, -0.2) is 74.6 Å². The SMILES string of the molecule is CN(c1ccc(N2CCN(C(=O)OC(C)(C)C)C3(CC3)C2)cc1C(=O)O)S(C)(=O)=O. The predicted molar refractivity (Wildman–Crippen MR) is 114 cm³/mol. The zero-order valence-corrected chi connectivity index (χ0v) is 18.8. The second kappa shape index (κ2) is 7.33. The summed E-state index contributed by atoms with van der Waals surface area (Å²) in [4.78, 5) is 28.2. The minimum absolute atomic E-state index is 0.0835. The Kier molecular flexibility index (Phi) is 5.43. The molecule has 0 radical (unpaired) electrons. The molecule has 1 saturated heterocycles. The molecule has 1 aromatic carbocycles. The number of carboxylic acids is 1. The minimum Gasteiger partial charge on any atom is -0.478 e. The summed E-state index contributed by atoms with van der Waals surface area (Å²) in [6.07, 6.45) is 2.43. The predicted octanol–water partition coefficient (Wildman–Crippen LogP) is 2.37. The fourth-order valence-corrected chi connectivity index (χ4v) is 4.23. The fraction of sp³-hybridized carbons (Fsp3) is 0.600. The smallest absolute Gasteiger partial charge is 0.410 e. The number of ether oxygens (including phenoxy) is 1. The van der Waals surface area contributed by atoms with Crippen molar-refractivity contribution in [3.8, 4) is 0 Å². The fourth-order valence-electron chi connectivity index (χ4n) is 3.72. The molecule has 1 N–H and O–H groups in total. The number of anilines is 2. The van der Waals surface area contributed by atoms with Crippen LogP contribution in [0.3, 0.4) is 0 Å². The van der Waals surface area contributed by atoms with Crippen LogP contribution in [0.15, 0.2) is 18.2 Å². The Morgan fingerprint density at radius 2 is 1.83 bits per heavy atom. The van der Waals surface area contributed by atoms with Crippen LogP contribution in [0.5, 0.6) is 0 Å². The lowest BCUT2D eigenvalue weighted by molar-refractivity contribution is 0.0106. The summed E-state index contributed by atoms with van der Waals surface area (Å²) in [7, 11) is -2.26. The number of hydrogen-bond donors (Lipinski definition) is 1. The zero-order valence-electron chi connectivity index (χ0n) is 18.0. The molecular formula is C20H29N3O6S. The lowest BCUT2D eigenvalue weighted by Gasteiger charge is -2.43. The van der Waals surface area contributed by atoms with Gasteiger partial charge >= 0.3 is 12.1 Å². The van der Waals surface area contributed by atoms with Crippen LogP contribution in [0.1, 0.15) is 44.0 Å². The number of carbonyl (C=O) groups excluding carboxylic acids is 1. The number of carbonyl (C=O) groups is 2. The maximum absolute atomic E-state index is 12.6. The van der Waals surface area contributed by atoms with Crippen LogP contribution < -0.4 is 9.21 Å². The van der Waals surface area contributed by atoms with Gasteiger partial charge in [-0.2, -0.15) is 0 Å². The Bertz CT molecular complexity index is 965. The molecule has 1 aliphatic heterocycles. The van der Waals surface area contributed by atoms with Crippen LogP contribution >= 0.6 is 0 Å². The lowest BCUT2D eigenvalue weighted by atomic mass is 10.1. The number of piperazine rings is 1. The Balaban J connectivity index is 1.84. The summed E-state index contributed by atoms with van der Waals surface area (Å²) in [5, 5.41) is 9.63. The van der Waals surface area contributed by atoms with E-state index in [0.717, 1.165) is 23.4 Å². The molecule has 2 aliphatic rings. The van der Waals surface area contributed by atoms with Gasteiger partial charge in [0.05, 0.1) is 23.0 Å². The lowest BCUT2D eigenvalue weighted by Crippen LogP contribution is -2.58. The quantitative estimate of drug-likeness (QED) is 0.767. The number of amides is 1. The molecule has 1 spiro atoms. The maximum Gasteiger partial charge on any atom is 0.410 e. The molecule has 3 rings (SSSR count). The van der Waals surface area contributed by atoms with E-state index in [9.17, 15) is 23.1 Å². The molecule has 1 aliphatic carbocycles. The number of sulfonamides is 1. The van der Waals surface area contributed by atoms with Gasteiger partial charge in [-0.3, -0.25) is 9.21 Å². The van der Waals surface area contributed by atoms with Crippen LogP contribution in [0, 0.1) is 0 Å². The normalized spacial score (nSPS) is 18.3. The molecule has 0 bridgehead atoms. The van der Waals surface area contributed by atoms with Crippen molar-refractivity contribution in [1.29, 1.82) is 0 Å². The first-order valence-electron chi connectivity index (χ1n) is 9.80. The molecule has 10 heteroatoms. The standard InChI is InChI=1S/C20H29N3O6S/c1-19(2,3)29-18(26)23-11-10-22(13-20(23)8-9-20)14-6-7-16(15(12-14)17(24)25)21(4)30(5,27)28/h6-7,12H,8-11,13H2,1-5H3,(H,24,25). The summed E-state index contributed by atoms with van der Waals surface area (Å²) in [5.41, 5.74) is -0.149. The van der Waals surface area contributed by atoms with E-state index in [1.807, 2.05) is 25.7 Å². The van der Waals surface area contributed by atoms with Gasteiger partial charge in [-0.1, -0.05) is 0 Å². The van der Waals surface area contributed by atoms with Crippen molar-refractivity contribution < 1.29 is 27.9 Å². The van der Waals surface area contributed by atoms with E-state index in [1.54, 1.807) is 11.0 Å². The highest BCUT2D eigenvalue weighted by atomic mass is 32.2. The van der Waals surface area contributed by atoms with Gasteiger partial charge in [0, 0.05) is 32.4 Å². The van der Waals surface area contributed by atoms with E-state index in [1.165, 1.54) is 19.2 Å². The van der Waals surface area contributed by atoms with E-state index in [2.05, 4.69) is 0 Å². The van der Waals surface area contributed by atoms with Crippen molar-refractivity contribution in [1.82, 2.24) is 4.90 Å². The average molecular weight is 440 g/mol. The monoisotopic (exact) mass is 439 g/mol. The number of aromatic carboxylic acids is 1. The Morgan fingerprint density at radius 3 is 2.33 bits per heavy atom. The average Bonchev–Trinajstić information content (AvgIpc) is 3.37. The minimum atomic E-state index is -3.59. The van der Waals surface area contributed by atoms with E-state index in [-0.39, 0.29) is 22.9 Å². The Hall–Kier alpha value is -2.49. The molecule has 30 heavy (non-hydrogen) atoms. The number of nitrogens with zero attached hydrogens (tertiary/aromatic N) is 3. The highest BCUT2D eigenvalue weighted by Crippen LogP contribution is 2.46. The number of carboxylic acid groups (broad SMARTS) is 1. The van der Waals surface area contributed by atoms with Gasteiger partial charge < -0.3 is 14.7 Å². The van der Waals surface area contributed by atoms with Crippen molar-refractivity contribution in [2.45, 2.75) is 44.8 Å². The molecule has 1 amide bonds. The molecule has 166 valence electrons. The van der Waals surface area contributed by atoms with Crippen LogP contribution in [0.4, 0.5) is 16.2 Å². The number of hydrogen-bond acceptors (Lipinski definition) is 6. The van der Waals surface area contributed by atoms with E-state index >= 15 is 0 Å². The summed E-state index contributed by atoms with van der Waals surface area (Å²) >= 11 is 0. The third-order valence-electron chi connectivity index (χ3n) is 5.50. The third-order valence-corrected chi connectivity index (χ3v) is 6.70. The van der Waals surface area contributed by atoms with Crippen molar-refractivity contribution in [3.63, 3.8) is 0 Å². The van der Waals surface area contributed by atoms with Gasteiger partial charge in [-0.05, 0) is 51.8 Å². The first-order chi connectivity index (χ1) is 13.7. The first kappa shape index (κ1) is 22.2. The van der Waals surface area contributed by atoms with Crippen LogP contribution in [0.2, 0.25) is 0 Å².